The van der Waals surface area contributed by atoms with Gasteiger partial charge < -0.3 is 51.0 Å². The third kappa shape index (κ3) is 14.9. The van der Waals surface area contributed by atoms with Gasteiger partial charge in [0.25, 0.3) is 5.08 Å². The summed E-state index contributed by atoms with van der Waals surface area (Å²) in [6.45, 7) is 10.5. The van der Waals surface area contributed by atoms with Gasteiger partial charge in [0, 0.05) is 6.42 Å². The van der Waals surface area contributed by atoms with Crippen molar-refractivity contribution in [2.45, 2.75) is 111 Å². The molecule has 294 valence electrons. The largest absolute Gasteiger partial charge is 0.465 e. The highest BCUT2D eigenvalue weighted by Crippen LogP contribution is 2.74. The molecule has 3 atom stereocenters. The summed E-state index contributed by atoms with van der Waals surface area (Å²) in [5.41, 5.74) is 14.6. The van der Waals surface area contributed by atoms with E-state index in [1.165, 1.54) is 27.7 Å². The molecule has 0 heterocycles. The van der Waals surface area contributed by atoms with E-state index in [1.54, 1.807) is 27.7 Å². The third-order valence-corrected chi connectivity index (χ3v) is 12.6. The van der Waals surface area contributed by atoms with Crippen LogP contribution >= 0.6 is 15.2 Å². The van der Waals surface area contributed by atoms with E-state index in [0.717, 1.165) is 0 Å². The molecule has 0 aliphatic heterocycles. The zero-order chi connectivity index (χ0) is 39.1. The highest BCUT2D eigenvalue weighted by atomic mass is 31.2. The molecule has 0 aromatic carbocycles. The predicted molar refractivity (Wildman–Crippen MR) is 181 cm³/mol. The number of hydrogen-bond donors (Lipinski definition) is 6. The van der Waals surface area contributed by atoms with Crippen molar-refractivity contribution in [3.05, 3.63) is 0 Å². The molecule has 0 radical (unpaired) electrons. The van der Waals surface area contributed by atoms with Gasteiger partial charge >= 0.3 is 39.1 Å². The second kappa shape index (κ2) is 20.9. The highest BCUT2D eigenvalue weighted by molar-refractivity contribution is 7.73. The average Bonchev–Trinajstić information content (AvgIpc) is 3.01. The molecular formula is C30H59N3O15P2. The van der Waals surface area contributed by atoms with Crippen LogP contribution in [0.2, 0.25) is 0 Å². The van der Waals surface area contributed by atoms with Crippen molar-refractivity contribution in [2.24, 2.45) is 39.9 Å². The maximum Gasteiger partial charge on any atom is 0.380 e. The first kappa shape index (κ1) is 48.0. The summed E-state index contributed by atoms with van der Waals surface area (Å²) in [5.74, 6) is -3.21. The first-order valence-corrected chi connectivity index (χ1v) is 19.5. The topological polar surface area (TPSA) is 297 Å². The lowest BCUT2D eigenvalue weighted by molar-refractivity contribution is -0.164. The molecule has 0 aliphatic rings. The second-order valence-corrected chi connectivity index (χ2v) is 18.3. The fraction of sp³-hybridized carbons (Fsp3) is 0.867. The molecule has 0 fully saturated rings. The van der Waals surface area contributed by atoms with Gasteiger partial charge in [-0.05, 0) is 78.2 Å². The molecule has 0 aromatic heterocycles. The number of esters is 4. The van der Waals surface area contributed by atoms with Gasteiger partial charge in [-0.3, -0.25) is 37.4 Å². The fourth-order valence-electron chi connectivity index (χ4n) is 4.03. The Hall–Kier alpha value is -1.98. The Morgan fingerprint density at radius 3 is 1.32 bits per heavy atom. The summed E-state index contributed by atoms with van der Waals surface area (Å²) in [6.07, 6.45) is -0.284. The van der Waals surface area contributed by atoms with E-state index in [1.807, 2.05) is 0 Å². The number of nitrogens with two attached hydrogens (primary N) is 3. The molecule has 0 aromatic rings. The van der Waals surface area contributed by atoms with Crippen LogP contribution in [0.5, 0.6) is 0 Å². The van der Waals surface area contributed by atoms with Gasteiger partial charge in [-0.2, -0.15) is 0 Å². The zero-order valence-electron chi connectivity index (χ0n) is 30.5. The minimum atomic E-state index is -5.71. The normalized spacial score (nSPS) is 15.3. The summed E-state index contributed by atoms with van der Waals surface area (Å²) in [6, 6.07) is -1.60. The number of hydrogen-bond acceptors (Lipinski definition) is 16. The fourth-order valence-corrected chi connectivity index (χ4v) is 7.40. The van der Waals surface area contributed by atoms with Gasteiger partial charge in [0.05, 0.1) is 24.0 Å². The van der Waals surface area contributed by atoms with Crippen molar-refractivity contribution in [1.82, 2.24) is 0 Å². The maximum atomic E-state index is 13.9. The van der Waals surface area contributed by atoms with E-state index in [-0.39, 0.29) is 63.7 Å². The van der Waals surface area contributed by atoms with E-state index in [2.05, 4.69) is 0 Å². The Morgan fingerprint density at radius 2 is 1.02 bits per heavy atom. The number of carbonyl (C=O) groups excluding carboxylic acids is 4. The SMILES string of the molecule is CC(C)[C@H](N)C(=O)OCCCC(C)(C)C(=O)OCOP(=O)(OCOC(=O)C(C)(C)CCCOC(=O)[C@@H](N)C(C)C)C(O)(CCCN)P(=O)(O)O. The van der Waals surface area contributed by atoms with Crippen molar-refractivity contribution >= 4 is 39.1 Å². The molecule has 18 nitrogen and oxygen atoms in total. The number of aliphatic hydroxyl groups is 1. The molecule has 0 amide bonds. The van der Waals surface area contributed by atoms with Crippen LogP contribution in [0.15, 0.2) is 0 Å². The summed E-state index contributed by atoms with van der Waals surface area (Å²) in [5, 5.41) is 7.60. The van der Waals surface area contributed by atoms with Crippen LogP contribution in [0.4, 0.5) is 0 Å². The minimum Gasteiger partial charge on any atom is -0.465 e. The van der Waals surface area contributed by atoms with Gasteiger partial charge in [0.1, 0.15) is 12.1 Å². The van der Waals surface area contributed by atoms with Crippen molar-refractivity contribution in [3.8, 4) is 0 Å². The quantitative estimate of drug-likeness (QED) is 0.0256. The van der Waals surface area contributed by atoms with Crippen LogP contribution in [-0.4, -0.2) is 89.3 Å². The Balaban J connectivity index is 5.52. The molecule has 50 heavy (non-hydrogen) atoms. The van der Waals surface area contributed by atoms with E-state index in [9.17, 15) is 43.2 Å². The van der Waals surface area contributed by atoms with Gasteiger partial charge in [-0.25, -0.2) is 0 Å². The lowest BCUT2D eigenvalue weighted by atomic mass is 9.88. The van der Waals surface area contributed by atoms with Crippen LogP contribution in [0.1, 0.15) is 93.9 Å². The lowest BCUT2D eigenvalue weighted by Crippen LogP contribution is -2.37. The lowest BCUT2D eigenvalue weighted by Gasteiger charge is -2.34. The van der Waals surface area contributed by atoms with Crippen LogP contribution in [0.25, 0.3) is 0 Å². The monoisotopic (exact) mass is 763 g/mol. The molecule has 1 unspecified atom stereocenters. The highest BCUT2D eigenvalue weighted by Gasteiger charge is 2.62. The maximum absolute atomic E-state index is 13.9. The predicted octanol–water partition coefficient (Wildman–Crippen LogP) is 2.44. The molecule has 9 N–H and O–H groups in total. The number of rotatable bonds is 25. The first-order valence-electron chi connectivity index (χ1n) is 16.4. The standard InChI is InChI=1S/C30H59N3O15P2/c1-20(2)22(32)24(34)43-16-10-12-28(5,6)26(36)45-18-47-50(42,30(38,14-9-15-31)49(39,40)41)48-19-46-27(37)29(7,8)13-11-17-44-25(35)23(33)21(3)4/h20-23,38H,9-19,31-33H2,1-8H3,(H2,39,40,41)/t22-,23-,30?/m0/s1. The smallest absolute Gasteiger partial charge is 0.380 e. The van der Waals surface area contributed by atoms with Crippen LogP contribution in [0, 0.1) is 22.7 Å². The number of carbonyl (C=O) groups is 4. The summed E-state index contributed by atoms with van der Waals surface area (Å²) < 4.78 is 56.8. The van der Waals surface area contributed by atoms with Gasteiger partial charge in [-0.15, -0.1) is 0 Å². The third-order valence-electron chi connectivity index (χ3n) is 7.91. The van der Waals surface area contributed by atoms with Crippen molar-refractivity contribution in [2.75, 3.05) is 33.3 Å². The minimum absolute atomic E-state index is 0.0258. The Bertz CT molecular complexity index is 1140. The molecule has 0 aliphatic carbocycles. The van der Waals surface area contributed by atoms with Crippen molar-refractivity contribution in [1.29, 1.82) is 0 Å². The van der Waals surface area contributed by atoms with Gasteiger partial charge in [0.15, 0.2) is 0 Å². The van der Waals surface area contributed by atoms with Crippen molar-refractivity contribution in [3.63, 3.8) is 0 Å². The molecular weight excluding hydrogens is 704 g/mol. The molecule has 0 spiro atoms. The van der Waals surface area contributed by atoms with Crippen LogP contribution in [-0.2, 0) is 56.3 Å². The van der Waals surface area contributed by atoms with E-state index >= 15 is 0 Å². The Labute approximate surface area is 294 Å². The van der Waals surface area contributed by atoms with E-state index < -0.39 is 87.1 Å². The molecule has 0 saturated heterocycles. The Kier molecular flexibility index (Phi) is 20.1. The molecule has 0 rings (SSSR count). The summed E-state index contributed by atoms with van der Waals surface area (Å²) >= 11 is 0. The molecule has 0 bridgehead atoms. The van der Waals surface area contributed by atoms with E-state index in [4.69, 9.17) is 45.2 Å². The first-order chi connectivity index (χ1) is 22.8. The zero-order valence-corrected chi connectivity index (χ0v) is 32.2. The summed E-state index contributed by atoms with van der Waals surface area (Å²) in [4.78, 5) is 69.5. The average molecular weight is 764 g/mol. The van der Waals surface area contributed by atoms with Crippen LogP contribution < -0.4 is 17.2 Å². The van der Waals surface area contributed by atoms with E-state index in [0.29, 0.717) is 0 Å². The van der Waals surface area contributed by atoms with Gasteiger partial charge in [-0.1, -0.05) is 27.7 Å². The molecule has 20 heteroatoms. The summed E-state index contributed by atoms with van der Waals surface area (Å²) in [7, 11) is -11.1. The van der Waals surface area contributed by atoms with Crippen molar-refractivity contribution < 1.29 is 71.2 Å². The second-order valence-electron chi connectivity index (χ2n) is 13.9. The van der Waals surface area contributed by atoms with Gasteiger partial charge in [0.2, 0.25) is 13.6 Å². The van der Waals surface area contributed by atoms with Crippen LogP contribution in [0.3, 0.4) is 0 Å². The Morgan fingerprint density at radius 1 is 0.660 bits per heavy atom. The molecule has 0 saturated carbocycles. The number of ether oxygens (including phenoxy) is 4.